The van der Waals surface area contributed by atoms with Gasteiger partial charge in [0.05, 0.1) is 6.04 Å². The molecule has 0 aromatic heterocycles. The van der Waals surface area contributed by atoms with Crippen LogP contribution in [-0.2, 0) is 4.79 Å². The second kappa shape index (κ2) is 1.64. The van der Waals surface area contributed by atoms with Crippen LogP contribution in [0.1, 0.15) is 6.42 Å². The maximum Gasteiger partial charge on any atom is 0.251 e. The van der Waals surface area contributed by atoms with Gasteiger partial charge >= 0.3 is 0 Å². The molecular weight excluding hydrogens is 136 g/mol. The lowest BCUT2D eigenvalue weighted by Crippen LogP contribution is -2.61. The molecule has 2 heterocycles. The Kier molecular flexibility index (Phi) is 1.01. The number of hydrogen-bond acceptors (Lipinski definition) is 3. The van der Waals surface area contributed by atoms with E-state index in [1.165, 1.54) is 4.31 Å². The molecular formula is C5H8N2OS. The highest BCUT2D eigenvalue weighted by atomic mass is 32.1. The summed E-state index contributed by atoms with van der Waals surface area (Å²) in [5.74, 6) is 0.126. The second-order valence-corrected chi connectivity index (χ2v) is 2.90. The minimum absolute atomic E-state index is 0.0995. The summed E-state index contributed by atoms with van der Waals surface area (Å²) in [5.41, 5.74) is 0. The standard InChI is InChI=1S/C5H8N2OS/c8-5-4-3(7(5)9)1-2-6-4/h3-4,6,9H,1-2H2/t3-,4+/m1/s1. The van der Waals surface area contributed by atoms with Crippen molar-refractivity contribution in [3.8, 4) is 0 Å². The minimum Gasteiger partial charge on any atom is -0.304 e. The Morgan fingerprint density at radius 1 is 1.78 bits per heavy atom. The number of carbonyl (C=O) groups is 1. The van der Waals surface area contributed by atoms with Crippen LogP contribution in [-0.4, -0.2) is 28.8 Å². The topological polar surface area (TPSA) is 32.3 Å². The fraction of sp³-hybridized carbons (Fsp3) is 0.800. The van der Waals surface area contributed by atoms with Crippen LogP contribution in [0.5, 0.6) is 0 Å². The van der Waals surface area contributed by atoms with E-state index in [0.29, 0.717) is 6.04 Å². The highest BCUT2D eigenvalue weighted by Gasteiger charge is 2.48. The largest absolute Gasteiger partial charge is 0.304 e. The second-order valence-electron chi connectivity index (χ2n) is 2.47. The van der Waals surface area contributed by atoms with Crippen molar-refractivity contribution in [1.29, 1.82) is 0 Å². The normalized spacial score (nSPS) is 40.6. The summed E-state index contributed by atoms with van der Waals surface area (Å²) in [6, 6.07) is 0.475. The zero-order valence-electron chi connectivity index (χ0n) is 4.87. The van der Waals surface area contributed by atoms with Gasteiger partial charge in [0.1, 0.15) is 6.04 Å². The maximum absolute atomic E-state index is 10.8. The molecule has 50 valence electrons. The molecule has 9 heavy (non-hydrogen) atoms. The lowest BCUT2D eigenvalue weighted by molar-refractivity contribution is -0.138. The fourth-order valence-electron chi connectivity index (χ4n) is 1.43. The van der Waals surface area contributed by atoms with Gasteiger partial charge in [0.25, 0.3) is 5.91 Å². The number of amides is 1. The van der Waals surface area contributed by atoms with Gasteiger partial charge in [-0.15, -0.1) is 0 Å². The first kappa shape index (κ1) is 5.56. The molecule has 3 nitrogen and oxygen atoms in total. The molecule has 2 atom stereocenters. The molecule has 0 spiro atoms. The summed E-state index contributed by atoms with van der Waals surface area (Å²) in [6.45, 7) is 0.956. The first-order valence-corrected chi connectivity index (χ1v) is 3.46. The molecule has 0 unspecified atom stereocenters. The molecule has 0 aliphatic carbocycles. The molecule has 0 aromatic rings. The number of rotatable bonds is 0. The van der Waals surface area contributed by atoms with E-state index in [2.05, 4.69) is 18.1 Å². The molecule has 0 radical (unpaired) electrons. The monoisotopic (exact) mass is 144 g/mol. The highest BCUT2D eigenvalue weighted by Crippen LogP contribution is 2.28. The number of fused-ring (bicyclic) bond motifs is 1. The van der Waals surface area contributed by atoms with E-state index in [4.69, 9.17) is 0 Å². The van der Waals surface area contributed by atoms with Crippen molar-refractivity contribution in [3.05, 3.63) is 0 Å². The zero-order valence-corrected chi connectivity index (χ0v) is 5.77. The molecule has 2 saturated heterocycles. The maximum atomic E-state index is 10.8. The third kappa shape index (κ3) is 0.548. The van der Waals surface area contributed by atoms with E-state index in [9.17, 15) is 4.79 Å². The van der Waals surface area contributed by atoms with Crippen LogP contribution in [0, 0.1) is 0 Å². The van der Waals surface area contributed by atoms with Gasteiger partial charge in [-0.1, -0.05) is 12.8 Å². The smallest absolute Gasteiger partial charge is 0.251 e. The van der Waals surface area contributed by atoms with E-state index < -0.39 is 0 Å². The van der Waals surface area contributed by atoms with E-state index in [-0.39, 0.29) is 11.9 Å². The van der Waals surface area contributed by atoms with Crippen molar-refractivity contribution in [2.45, 2.75) is 18.5 Å². The number of nitrogens with one attached hydrogen (secondary N) is 1. The number of thiol groups is 1. The van der Waals surface area contributed by atoms with Crippen molar-refractivity contribution in [2.75, 3.05) is 6.54 Å². The van der Waals surface area contributed by atoms with Crippen molar-refractivity contribution in [2.24, 2.45) is 0 Å². The highest BCUT2D eigenvalue weighted by molar-refractivity contribution is 7.78. The van der Waals surface area contributed by atoms with Crippen molar-refractivity contribution in [1.82, 2.24) is 9.62 Å². The molecule has 4 heteroatoms. The quantitative estimate of drug-likeness (QED) is 0.351. The number of hydrogen-bond donors (Lipinski definition) is 2. The van der Waals surface area contributed by atoms with Gasteiger partial charge in [-0.2, -0.15) is 0 Å². The summed E-state index contributed by atoms with van der Waals surface area (Å²) < 4.78 is 1.52. The Balaban J connectivity index is 2.14. The van der Waals surface area contributed by atoms with E-state index in [0.717, 1.165) is 13.0 Å². The Morgan fingerprint density at radius 3 is 3.22 bits per heavy atom. The van der Waals surface area contributed by atoms with Gasteiger partial charge in [-0.05, 0) is 13.0 Å². The third-order valence-corrected chi connectivity index (χ3v) is 2.49. The Hall–Kier alpha value is -0.220. The zero-order chi connectivity index (χ0) is 6.43. The van der Waals surface area contributed by atoms with Gasteiger partial charge in [-0.25, -0.2) is 0 Å². The summed E-state index contributed by atoms with van der Waals surface area (Å²) in [5, 5.41) is 3.10. The van der Waals surface area contributed by atoms with Crippen molar-refractivity contribution < 1.29 is 4.79 Å². The van der Waals surface area contributed by atoms with Crippen LogP contribution >= 0.6 is 12.8 Å². The number of nitrogens with zero attached hydrogens (tertiary/aromatic N) is 1. The van der Waals surface area contributed by atoms with Crippen LogP contribution in [0.3, 0.4) is 0 Å². The van der Waals surface area contributed by atoms with E-state index in [1.807, 2.05) is 0 Å². The third-order valence-electron chi connectivity index (χ3n) is 2.00. The molecule has 0 aromatic carbocycles. The average Bonchev–Trinajstić information content (AvgIpc) is 2.30. The predicted molar refractivity (Wildman–Crippen MR) is 36.0 cm³/mol. The van der Waals surface area contributed by atoms with Gasteiger partial charge < -0.3 is 5.32 Å². The number of β-lactam (4-membered cyclic amide) rings is 1. The molecule has 2 fully saturated rings. The van der Waals surface area contributed by atoms with Crippen molar-refractivity contribution >= 4 is 18.7 Å². The van der Waals surface area contributed by atoms with Gasteiger partial charge in [0.2, 0.25) is 0 Å². The Labute approximate surface area is 58.9 Å². The minimum atomic E-state index is 0.0995. The number of carbonyl (C=O) groups excluding carboxylic acids is 1. The van der Waals surface area contributed by atoms with Gasteiger partial charge in [0.15, 0.2) is 0 Å². The van der Waals surface area contributed by atoms with Crippen LogP contribution < -0.4 is 5.32 Å². The molecule has 2 rings (SSSR count). The summed E-state index contributed by atoms with van der Waals surface area (Å²) in [6.07, 6.45) is 1.06. The molecule has 0 bridgehead atoms. The average molecular weight is 144 g/mol. The lowest BCUT2D eigenvalue weighted by Gasteiger charge is -2.38. The summed E-state index contributed by atoms with van der Waals surface area (Å²) in [4.78, 5) is 10.8. The first-order chi connectivity index (χ1) is 4.30. The van der Waals surface area contributed by atoms with E-state index in [1.54, 1.807) is 0 Å². The van der Waals surface area contributed by atoms with Gasteiger partial charge in [-0.3, -0.25) is 9.10 Å². The van der Waals surface area contributed by atoms with Crippen LogP contribution in [0.4, 0.5) is 0 Å². The lowest BCUT2D eigenvalue weighted by atomic mass is 10.0. The predicted octanol–water partition coefficient (Wildman–Crippen LogP) is -0.596. The van der Waals surface area contributed by atoms with Crippen LogP contribution in [0.25, 0.3) is 0 Å². The fourth-order valence-corrected chi connectivity index (χ4v) is 1.80. The molecule has 2 aliphatic rings. The van der Waals surface area contributed by atoms with Crippen LogP contribution in [0.2, 0.25) is 0 Å². The van der Waals surface area contributed by atoms with Crippen molar-refractivity contribution in [3.63, 3.8) is 0 Å². The Bertz CT molecular complexity index is 161. The molecule has 1 amide bonds. The molecule has 1 N–H and O–H groups in total. The summed E-state index contributed by atoms with van der Waals surface area (Å²) in [7, 11) is 0. The van der Waals surface area contributed by atoms with Gasteiger partial charge in [0, 0.05) is 0 Å². The first-order valence-electron chi connectivity index (χ1n) is 3.06. The summed E-state index contributed by atoms with van der Waals surface area (Å²) >= 11 is 4.00. The Morgan fingerprint density at radius 2 is 2.56 bits per heavy atom. The van der Waals surface area contributed by atoms with E-state index >= 15 is 0 Å². The molecule has 2 aliphatic heterocycles. The molecule has 0 saturated carbocycles. The SMILES string of the molecule is O=C1[C@H]2NCC[C@H]2N1S. The van der Waals surface area contributed by atoms with Crippen LogP contribution in [0.15, 0.2) is 0 Å².